The first-order chi connectivity index (χ1) is 8.47. The van der Waals surface area contributed by atoms with Crippen molar-refractivity contribution in [1.29, 1.82) is 0 Å². The van der Waals surface area contributed by atoms with Gasteiger partial charge in [0.2, 0.25) is 15.2 Å². The quantitative estimate of drug-likeness (QED) is 0.635. The number of hydrogen-bond acceptors (Lipinski definition) is 7. The minimum Gasteiger partial charge on any atom is -0.374 e. The second kappa shape index (κ2) is 5.47. The van der Waals surface area contributed by atoms with E-state index in [1.165, 1.54) is 11.3 Å². The summed E-state index contributed by atoms with van der Waals surface area (Å²) >= 11 is 1.32. The molecule has 1 aromatic heterocycles. The standard InChI is InChI=1S/C9H17N5O2S2/c1-6(4-12-18(15,16)7-2-3-7)11-5-8-13-14-9(10)17-8/h6-7,11-12H,2-5H2,1H3,(H2,10,14). The molecule has 0 aromatic carbocycles. The maximum Gasteiger partial charge on any atom is 0.214 e. The van der Waals surface area contributed by atoms with Crippen LogP contribution in [0.15, 0.2) is 0 Å². The van der Waals surface area contributed by atoms with Gasteiger partial charge in [-0.2, -0.15) is 0 Å². The lowest BCUT2D eigenvalue weighted by Gasteiger charge is -2.13. The lowest BCUT2D eigenvalue weighted by Crippen LogP contribution is -2.39. The van der Waals surface area contributed by atoms with Crippen LogP contribution in [0, 0.1) is 0 Å². The molecule has 18 heavy (non-hydrogen) atoms. The molecule has 0 spiro atoms. The van der Waals surface area contributed by atoms with Crippen LogP contribution in [0.1, 0.15) is 24.8 Å². The monoisotopic (exact) mass is 291 g/mol. The van der Waals surface area contributed by atoms with E-state index in [1.807, 2.05) is 6.92 Å². The van der Waals surface area contributed by atoms with Crippen LogP contribution in [0.2, 0.25) is 0 Å². The Hall–Kier alpha value is -0.770. The van der Waals surface area contributed by atoms with Gasteiger partial charge in [0.25, 0.3) is 0 Å². The van der Waals surface area contributed by atoms with E-state index in [2.05, 4.69) is 20.2 Å². The lowest BCUT2D eigenvalue weighted by molar-refractivity contribution is 0.522. The molecule has 7 nitrogen and oxygen atoms in total. The fourth-order valence-corrected chi connectivity index (χ4v) is 3.44. The summed E-state index contributed by atoms with van der Waals surface area (Å²) in [5.74, 6) is 0. The first kappa shape index (κ1) is 13.7. The molecule has 0 amide bonds. The Morgan fingerprint density at radius 1 is 1.50 bits per heavy atom. The number of nitrogens with two attached hydrogens (primary N) is 1. The highest BCUT2D eigenvalue weighted by atomic mass is 32.2. The van der Waals surface area contributed by atoms with Crippen LogP contribution in [0.4, 0.5) is 5.13 Å². The van der Waals surface area contributed by atoms with E-state index in [4.69, 9.17) is 5.73 Å². The first-order valence-corrected chi connectivity index (χ1v) is 8.13. The van der Waals surface area contributed by atoms with Crippen LogP contribution in [0.25, 0.3) is 0 Å². The number of nitrogens with zero attached hydrogens (tertiary/aromatic N) is 2. The summed E-state index contributed by atoms with van der Waals surface area (Å²) in [6.07, 6.45) is 1.56. The number of anilines is 1. The highest BCUT2D eigenvalue weighted by Crippen LogP contribution is 2.27. The zero-order valence-corrected chi connectivity index (χ0v) is 11.7. The molecule has 2 rings (SSSR count). The minimum absolute atomic E-state index is 0.0312. The average Bonchev–Trinajstić information content (AvgIpc) is 3.09. The fraction of sp³-hybridized carbons (Fsp3) is 0.778. The van der Waals surface area contributed by atoms with Crippen molar-refractivity contribution in [3.05, 3.63) is 5.01 Å². The average molecular weight is 291 g/mol. The Bertz CT molecular complexity index is 497. The van der Waals surface area contributed by atoms with Crippen LogP contribution in [-0.4, -0.2) is 36.5 Å². The predicted molar refractivity (Wildman–Crippen MR) is 70.6 cm³/mol. The van der Waals surface area contributed by atoms with Crippen molar-refractivity contribution >= 4 is 26.5 Å². The first-order valence-electron chi connectivity index (χ1n) is 5.77. The van der Waals surface area contributed by atoms with Gasteiger partial charge in [0.1, 0.15) is 5.01 Å². The van der Waals surface area contributed by atoms with Crippen LogP contribution in [0.5, 0.6) is 0 Å². The molecule has 0 radical (unpaired) electrons. The highest BCUT2D eigenvalue weighted by molar-refractivity contribution is 7.90. The lowest BCUT2D eigenvalue weighted by atomic mass is 10.3. The molecule has 1 aliphatic rings. The number of nitrogens with one attached hydrogen (secondary N) is 2. The number of nitrogen functional groups attached to an aromatic ring is 1. The Kier molecular flexibility index (Phi) is 4.15. The third-order valence-electron chi connectivity index (χ3n) is 2.64. The van der Waals surface area contributed by atoms with Gasteiger partial charge in [0, 0.05) is 12.6 Å². The van der Waals surface area contributed by atoms with Crippen molar-refractivity contribution in [3.8, 4) is 0 Å². The number of sulfonamides is 1. The van der Waals surface area contributed by atoms with E-state index in [0.717, 1.165) is 17.8 Å². The van der Waals surface area contributed by atoms with Gasteiger partial charge in [0.05, 0.1) is 11.8 Å². The second-order valence-corrected chi connectivity index (χ2v) is 7.55. The summed E-state index contributed by atoms with van der Waals surface area (Å²) in [5, 5.41) is 11.8. The Morgan fingerprint density at radius 2 is 2.22 bits per heavy atom. The summed E-state index contributed by atoms with van der Waals surface area (Å²) in [5.41, 5.74) is 5.47. The van der Waals surface area contributed by atoms with Gasteiger partial charge in [-0.05, 0) is 19.8 Å². The maximum absolute atomic E-state index is 11.6. The molecule has 102 valence electrons. The third-order valence-corrected chi connectivity index (χ3v) is 5.31. The van der Waals surface area contributed by atoms with Crippen molar-refractivity contribution < 1.29 is 8.42 Å². The van der Waals surface area contributed by atoms with E-state index in [-0.39, 0.29) is 11.3 Å². The molecule has 1 atom stereocenters. The van der Waals surface area contributed by atoms with Crippen LogP contribution < -0.4 is 15.8 Å². The fourth-order valence-electron chi connectivity index (χ4n) is 1.41. The largest absolute Gasteiger partial charge is 0.374 e. The summed E-state index contributed by atoms with van der Waals surface area (Å²) in [4.78, 5) is 0. The zero-order valence-electron chi connectivity index (χ0n) is 10.1. The van der Waals surface area contributed by atoms with Gasteiger partial charge < -0.3 is 11.1 Å². The summed E-state index contributed by atoms with van der Waals surface area (Å²) < 4.78 is 25.8. The number of hydrogen-bond donors (Lipinski definition) is 3. The molecule has 1 aromatic rings. The summed E-state index contributed by atoms with van der Waals surface area (Å²) in [6.45, 7) is 2.84. The zero-order chi connectivity index (χ0) is 13.2. The van der Waals surface area contributed by atoms with E-state index in [9.17, 15) is 8.42 Å². The molecule has 9 heteroatoms. The number of rotatable bonds is 7. The van der Waals surface area contributed by atoms with Gasteiger partial charge >= 0.3 is 0 Å². The molecule has 0 aliphatic heterocycles. The molecular formula is C9H17N5O2S2. The topological polar surface area (TPSA) is 110 Å². The third kappa shape index (κ3) is 3.87. The van der Waals surface area contributed by atoms with Gasteiger partial charge in [-0.1, -0.05) is 11.3 Å². The van der Waals surface area contributed by atoms with Gasteiger partial charge in [0.15, 0.2) is 0 Å². The molecule has 4 N–H and O–H groups in total. The normalized spacial score (nSPS) is 17.8. The van der Waals surface area contributed by atoms with Crippen LogP contribution in [-0.2, 0) is 16.6 Å². The van der Waals surface area contributed by atoms with Crippen molar-refractivity contribution in [2.24, 2.45) is 0 Å². The van der Waals surface area contributed by atoms with Crippen LogP contribution >= 0.6 is 11.3 Å². The summed E-state index contributed by atoms with van der Waals surface area (Å²) in [6, 6.07) is 0.0312. The van der Waals surface area contributed by atoms with Gasteiger partial charge in [-0.3, -0.25) is 0 Å². The van der Waals surface area contributed by atoms with Crippen molar-refractivity contribution in [2.75, 3.05) is 12.3 Å². The van der Waals surface area contributed by atoms with E-state index in [1.54, 1.807) is 0 Å². The molecule has 1 heterocycles. The molecule has 1 unspecified atom stereocenters. The van der Waals surface area contributed by atoms with Crippen molar-refractivity contribution in [2.45, 2.75) is 37.6 Å². The van der Waals surface area contributed by atoms with E-state index >= 15 is 0 Å². The maximum atomic E-state index is 11.6. The van der Waals surface area contributed by atoms with E-state index in [0.29, 0.717) is 18.2 Å². The SMILES string of the molecule is CC(CNS(=O)(=O)C1CC1)NCc1nnc(N)s1. The van der Waals surface area contributed by atoms with Crippen LogP contribution in [0.3, 0.4) is 0 Å². The highest BCUT2D eigenvalue weighted by Gasteiger charge is 2.35. The predicted octanol–water partition coefficient (Wildman–Crippen LogP) is -0.320. The van der Waals surface area contributed by atoms with Crippen molar-refractivity contribution in [1.82, 2.24) is 20.2 Å². The molecule has 1 saturated carbocycles. The molecule has 1 aliphatic carbocycles. The second-order valence-electron chi connectivity index (χ2n) is 4.41. The van der Waals surface area contributed by atoms with Crippen molar-refractivity contribution in [3.63, 3.8) is 0 Å². The molecule has 0 saturated heterocycles. The smallest absolute Gasteiger partial charge is 0.214 e. The Morgan fingerprint density at radius 3 is 2.78 bits per heavy atom. The molecular weight excluding hydrogens is 274 g/mol. The Balaban J connectivity index is 1.70. The molecule has 0 bridgehead atoms. The van der Waals surface area contributed by atoms with Gasteiger partial charge in [-0.25, -0.2) is 13.1 Å². The van der Waals surface area contributed by atoms with Gasteiger partial charge in [-0.15, -0.1) is 10.2 Å². The summed E-state index contributed by atoms with van der Waals surface area (Å²) in [7, 11) is -3.10. The Labute approximate surface area is 110 Å². The minimum atomic E-state index is -3.10. The number of aromatic nitrogens is 2. The molecule has 1 fully saturated rings. The van der Waals surface area contributed by atoms with E-state index < -0.39 is 10.0 Å².